The summed E-state index contributed by atoms with van der Waals surface area (Å²) in [6.07, 6.45) is -2.95. The lowest BCUT2D eigenvalue weighted by Crippen LogP contribution is -2.31. The van der Waals surface area contributed by atoms with Gasteiger partial charge in [0, 0.05) is 42.8 Å². The highest BCUT2D eigenvalue weighted by atomic mass is 35.5. The van der Waals surface area contributed by atoms with E-state index in [1.54, 1.807) is 24.3 Å². The molecule has 0 spiro atoms. The van der Waals surface area contributed by atoms with Crippen molar-refractivity contribution in [2.24, 2.45) is 0 Å². The van der Waals surface area contributed by atoms with Gasteiger partial charge in [0.05, 0.1) is 5.56 Å². The second kappa shape index (κ2) is 10.7. The Kier molecular flexibility index (Phi) is 8.26. The molecule has 2 aromatic rings. The Balaban J connectivity index is 1.56. The van der Waals surface area contributed by atoms with E-state index in [-0.39, 0.29) is 24.8 Å². The average molecular weight is 429 g/mol. The van der Waals surface area contributed by atoms with Crippen molar-refractivity contribution in [2.75, 3.05) is 25.0 Å². The number of nitrogens with zero attached hydrogens (tertiary/aromatic N) is 1. The smallest absolute Gasteiger partial charge is 0.370 e. The van der Waals surface area contributed by atoms with E-state index < -0.39 is 11.7 Å². The topological polar surface area (TPSA) is 83.1 Å². The number of pyridine rings is 1. The Hall–Kier alpha value is -2.81. The molecule has 0 aliphatic heterocycles. The van der Waals surface area contributed by atoms with Crippen molar-refractivity contribution in [3.05, 3.63) is 58.7 Å². The maximum absolute atomic E-state index is 12.5. The number of carbonyl (C=O) groups is 2. The van der Waals surface area contributed by atoms with Crippen LogP contribution in [0.5, 0.6) is 0 Å². The molecule has 1 aromatic carbocycles. The number of alkyl halides is 3. The molecule has 2 amide bonds. The fraction of sp³-hybridized carbons (Fsp3) is 0.316. The van der Waals surface area contributed by atoms with Gasteiger partial charge in [0.1, 0.15) is 5.82 Å². The second-order valence-corrected chi connectivity index (χ2v) is 6.51. The first kappa shape index (κ1) is 22.5. The highest BCUT2D eigenvalue weighted by Gasteiger charge is 2.30. The molecule has 0 radical (unpaired) electrons. The number of rotatable bonds is 9. The van der Waals surface area contributed by atoms with E-state index in [2.05, 4.69) is 20.9 Å². The van der Waals surface area contributed by atoms with E-state index in [0.29, 0.717) is 35.9 Å². The van der Waals surface area contributed by atoms with Crippen LogP contribution >= 0.6 is 11.6 Å². The van der Waals surface area contributed by atoms with Gasteiger partial charge in [0.25, 0.3) is 5.91 Å². The highest BCUT2D eigenvalue weighted by Crippen LogP contribution is 2.28. The molecule has 0 saturated heterocycles. The molecule has 29 heavy (non-hydrogen) atoms. The molecule has 0 unspecified atom stereocenters. The summed E-state index contributed by atoms with van der Waals surface area (Å²) in [4.78, 5) is 27.3. The van der Waals surface area contributed by atoms with Gasteiger partial charge in [-0.25, -0.2) is 4.98 Å². The van der Waals surface area contributed by atoms with Crippen LogP contribution in [0.15, 0.2) is 42.6 Å². The first-order chi connectivity index (χ1) is 13.8. The van der Waals surface area contributed by atoms with Crippen LogP contribution in [0.4, 0.5) is 19.0 Å². The Bertz CT molecular complexity index is 812. The molecular weight excluding hydrogens is 409 g/mol. The number of benzene rings is 1. The van der Waals surface area contributed by atoms with E-state index in [1.807, 2.05) is 0 Å². The normalized spacial score (nSPS) is 11.0. The lowest BCUT2D eigenvalue weighted by Gasteiger charge is -2.09. The number of nitrogens with one attached hydrogen (secondary N) is 3. The molecule has 3 N–H and O–H groups in total. The van der Waals surface area contributed by atoms with E-state index in [4.69, 9.17) is 11.6 Å². The summed E-state index contributed by atoms with van der Waals surface area (Å²) >= 11 is 5.76. The number of anilines is 1. The van der Waals surface area contributed by atoms with Gasteiger partial charge in [-0.2, -0.15) is 13.2 Å². The van der Waals surface area contributed by atoms with Crippen molar-refractivity contribution in [1.29, 1.82) is 0 Å². The lowest BCUT2D eigenvalue weighted by atomic mass is 10.2. The standard InChI is InChI=1S/C19H20ClF3N4O2/c20-15-5-2-13(3-6-15)18(29)26-11-8-17(28)25-10-1-9-24-16-7-4-14(12-27-16)19(21,22)23/h2-7,12H,1,8-11H2,(H,24,27)(H,25,28)(H,26,29). The molecule has 0 saturated carbocycles. The predicted molar refractivity (Wildman–Crippen MR) is 104 cm³/mol. The van der Waals surface area contributed by atoms with E-state index in [9.17, 15) is 22.8 Å². The summed E-state index contributed by atoms with van der Waals surface area (Å²) < 4.78 is 37.4. The van der Waals surface area contributed by atoms with Crippen LogP contribution < -0.4 is 16.0 Å². The molecule has 0 bridgehead atoms. The number of amides is 2. The molecular formula is C19H20ClF3N4O2. The Morgan fingerprint density at radius 2 is 1.69 bits per heavy atom. The van der Waals surface area contributed by atoms with Crippen molar-refractivity contribution < 1.29 is 22.8 Å². The van der Waals surface area contributed by atoms with E-state index in [0.717, 1.165) is 12.3 Å². The van der Waals surface area contributed by atoms with Crippen LogP contribution in [0, 0.1) is 0 Å². The zero-order valence-electron chi connectivity index (χ0n) is 15.4. The fourth-order valence-corrected chi connectivity index (χ4v) is 2.41. The molecule has 1 heterocycles. The van der Waals surface area contributed by atoms with Crippen LogP contribution in [-0.2, 0) is 11.0 Å². The van der Waals surface area contributed by atoms with Gasteiger partial charge in [-0.3, -0.25) is 9.59 Å². The Labute approximate surface area is 170 Å². The maximum Gasteiger partial charge on any atom is 0.417 e. The molecule has 0 aliphatic rings. The van der Waals surface area contributed by atoms with Gasteiger partial charge in [-0.1, -0.05) is 11.6 Å². The zero-order valence-corrected chi connectivity index (χ0v) is 16.1. The lowest BCUT2D eigenvalue weighted by molar-refractivity contribution is -0.137. The van der Waals surface area contributed by atoms with Crippen molar-refractivity contribution in [2.45, 2.75) is 19.0 Å². The number of halogens is 4. The Morgan fingerprint density at radius 3 is 2.31 bits per heavy atom. The van der Waals surface area contributed by atoms with Crippen molar-refractivity contribution in [3.63, 3.8) is 0 Å². The maximum atomic E-state index is 12.5. The van der Waals surface area contributed by atoms with Gasteiger partial charge in [-0.15, -0.1) is 0 Å². The molecule has 0 fully saturated rings. The number of carbonyl (C=O) groups excluding carboxylic acids is 2. The summed E-state index contributed by atoms with van der Waals surface area (Å²) in [6, 6.07) is 8.61. The van der Waals surface area contributed by atoms with Crippen LogP contribution in [0.1, 0.15) is 28.8 Å². The van der Waals surface area contributed by atoms with Crippen LogP contribution in [0.25, 0.3) is 0 Å². The third-order valence-electron chi connectivity index (χ3n) is 3.82. The monoisotopic (exact) mass is 428 g/mol. The quantitative estimate of drug-likeness (QED) is 0.534. The average Bonchev–Trinajstić information content (AvgIpc) is 2.68. The minimum Gasteiger partial charge on any atom is -0.370 e. The first-order valence-electron chi connectivity index (χ1n) is 8.83. The SMILES string of the molecule is O=C(CCNC(=O)c1ccc(Cl)cc1)NCCCNc1ccc(C(F)(F)F)cn1. The van der Waals surface area contributed by atoms with Crippen molar-refractivity contribution in [3.8, 4) is 0 Å². The van der Waals surface area contributed by atoms with Crippen LogP contribution in [0.3, 0.4) is 0 Å². The van der Waals surface area contributed by atoms with Crippen LogP contribution in [0.2, 0.25) is 5.02 Å². The summed E-state index contributed by atoms with van der Waals surface area (Å²) in [7, 11) is 0. The molecule has 6 nitrogen and oxygen atoms in total. The summed E-state index contributed by atoms with van der Waals surface area (Å²) in [5.74, 6) is -0.175. The van der Waals surface area contributed by atoms with E-state index >= 15 is 0 Å². The number of aromatic nitrogens is 1. The van der Waals surface area contributed by atoms with Crippen molar-refractivity contribution in [1.82, 2.24) is 15.6 Å². The second-order valence-electron chi connectivity index (χ2n) is 6.07. The summed E-state index contributed by atoms with van der Waals surface area (Å²) in [5, 5.41) is 8.76. The fourth-order valence-electron chi connectivity index (χ4n) is 2.28. The zero-order chi connectivity index (χ0) is 21.3. The molecule has 1 aromatic heterocycles. The van der Waals surface area contributed by atoms with Gasteiger partial charge in [0.15, 0.2) is 0 Å². The summed E-state index contributed by atoms with van der Waals surface area (Å²) in [5.41, 5.74) is -0.351. The van der Waals surface area contributed by atoms with Gasteiger partial charge < -0.3 is 16.0 Å². The van der Waals surface area contributed by atoms with Gasteiger partial charge >= 0.3 is 6.18 Å². The molecule has 10 heteroatoms. The predicted octanol–water partition coefficient (Wildman–Crippen LogP) is 3.49. The van der Waals surface area contributed by atoms with E-state index in [1.165, 1.54) is 6.07 Å². The molecule has 0 atom stereocenters. The Morgan fingerprint density at radius 1 is 0.966 bits per heavy atom. The van der Waals surface area contributed by atoms with Crippen molar-refractivity contribution >= 4 is 29.2 Å². The first-order valence-corrected chi connectivity index (χ1v) is 9.21. The summed E-state index contributed by atoms with van der Waals surface area (Å²) in [6.45, 7) is 1.02. The molecule has 156 valence electrons. The third-order valence-corrected chi connectivity index (χ3v) is 4.07. The third kappa shape index (κ3) is 7.98. The van der Waals surface area contributed by atoms with Gasteiger partial charge in [0.2, 0.25) is 5.91 Å². The van der Waals surface area contributed by atoms with Crippen LogP contribution in [-0.4, -0.2) is 36.4 Å². The number of hydrogen-bond donors (Lipinski definition) is 3. The molecule has 0 aliphatic carbocycles. The number of hydrogen-bond acceptors (Lipinski definition) is 4. The largest absolute Gasteiger partial charge is 0.417 e. The minimum atomic E-state index is -4.41. The highest BCUT2D eigenvalue weighted by molar-refractivity contribution is 6.30. The van der Waals surface area contributed by atoms with Gasteiger partial charge in [-0.05, 0) is 42.8 Å². The molecule has 2 rings (SSSR count). The minimum absolute atomic E-state index is 0.132.